The van der Waals surface area contributed by atoms with E-state index in [9.17, 15) is 4.79 Å². The van der Waals surface area contributed by atoms with E-state index in [4.69, 9.17) is 14.2 Å². The van der Waals surface area contributed by atoms with E-state index in [2.05, 4.69) is 19.2 Å². The number of hydrogen-bond acceptors (Lipinski definition) is 4. The van der Waals surface area contributed by atoms with Gasteiger partial charge >= 0.3 is 0 Å². The van der Waals surface area contributed by atoms with Crippen LogP contribution >= 0.6 is 0 Å². The van der Waals surface area contributed by atoms with Gasteiger partial charge in [0.2, 0.25) is 0 Å². The Morgan fingerprint density at radius 3 is 2.58 bits per heavy atom. The van der Waals surface area contributed by atoms with Gasteiger partial charge in [-0.3, -0.25) is 4.79 Å². The number of hydrogen-bond donors (Lipinski definition) is 1. The van der Waals surface area contributed by atoms with Gasteiger partial charge in [-0.05, 0) is 41.8 Å². The van der Waals surface area contributed by atoms with Gasteiger partial charge in [0.15, 0.2) is 11.5 Å². The molecule has 0 fully saturated rings. The van der Waals surface area contributed by atoms with Crippen LogP contribution in [0.1, 0.15) is 42.2 Å². The first-order chi connectivity index (χ1) is 12.6. The number of carbonyl (C=O) groups excluding carboxylic acids is 1. The number of nitrogens with one attached hydrogen (secondary N) is 1. The molecule has 1 heterocycles. The first kappa shape index (κ1) is 18.1. The molecule has 2 aromatic rings. The molecule has 3 rings (SSSR count). The zero-order chi connectivity index (χ0) is 18.5. The van der Waals surface area contributed by atoms with Crippen molar-refractivity contribution in [2.45, 2.75) is 26.3 Å². The second-order valence-electron chi connectivity index (χ2n) is 6.68. The van der Waals surface area contributed by atoms with Gasteiger partial charge in [-0.1, -0.05) is 26.0 Å². The Bertz CT molecular complexity index is 772. The summed E-state index contributed by atoms with van der Waals surface area (Å²) >= 11 is 0. The second kappa shape index (κ2) is 8.13. The normalized spacial score (nSPS) is 14.5. The Morgan fingerprint density at radius 1 is 1.08 bits per heavy atom. The summed E-state index contributed by atoms with van der Waals surface area (Å²) in [4.78, 5) is 12.7. The van der Waals surface area contributed by atoms with Crippen molar-refractivity contribution in [3.8, 4) is 17.2 Å². The van der Waals surface area contributed by atoms with E-state index in [-0.39, 0.29) is 17.9 Å². The number of ether oxygens (including phenoxy) is 3. The zero-order valence-electron chi connectivity index (χ0n) is 15.5. The van der Waals surface area contributed by atoms with Crippen LogP contribution in [0.15, 0.2) is 42.5 Å². The van der Waals surface area contributed by atoms with Crippen molar-refractivity contribution in [1.82, 2.24) is 5.32 Å². The second-order valence-corrected chi connectivity index (χ2v) is 6.68. The lowest BCUT2D eigenvalue weighted by Crippen LogP contribution is -2.31. The largest absolute Gasteiger partial charge is 0.497 e. The lowest BCUT2D eigenvalue weighted by molar-refractivity contribution is 0.0925. The fraction of sp³-hybridized carbons (Fsp3) is 0.381. The molecule has 0 saturated heterocycles. The quantitative estimate of drug-likeness (QED) is 0.881. The Hall–Kier alpha value is -2.69. The standard InChI is InChI=1S/C21H25NO4/c1-14(2)20(22-21(23)16-6-4-7-17(12-16)24-3)15-8-9-18-19(13-15)26-11-5-10-25-18/h4,6-9,12-14,20H,5,10-11H2,1-3H3,(H,22,23). The van der Waals surface area contributed by atoms with Crippen LogP contribution in [0.5, 0.6) is 17.2 Å². The summed E-state index contributed by atoms with van der Waals surface area (Å²) in [6.45, 7) is 5.46. The highest BCUT2D eigenvalue weighted by molar-refractivity contribution is 5.94. The number of methoxy groups -OCH3 is 1. The van der Waals surface area contributed by atoms with E-state index in [1.807, 2.05) is 30.3 Å². The van der Waals surface area contributed by atoms with Crippen LogP contribution in [0.25, 0.3) is 0 Å². The van der Waals surface area contributed by atoms with Crippen LogP contribution in [-0.2, 0) is 0 Å². The number of amides is 1. The number of benzene rings is 2. The van der Waals surface area contributed by atoms with Crippen molar-refractivity contribution in [1.29, 1.82) is 0 Å². The minimum absolute atomic E-state index is 0.130. The van der Waals surface area contributed by atoms with Crippen LogP contribution in [0.3, 0.4) is 0 Å². The highest BCUT2D eigenvalue weighted by Gasteiger charge is 2.22. The van der Waals surface area contributed by atoms with Crippen molar-refractivity contribution in [3.63, 3.8) is 0 Å². The monoisotopic (exact) mass is 355 g/mol. The maximum Gasteiger partial charge on any atom is 0.251 e. The van der Waals surface area contributed by atoms with Crippen LogP contribution in [-0.4, -0.2) is 26.2 Å². The van der Waals surface area contributed by atoms with E-state index in [0.29, 0.717) is 24.5 Å². The van der Waals surface area contributed by atoms with Gasteiger partial charge in [0, 0.05) is 12.0 Å². The van der Waals surface area contributed by atoms with E-state index in [0.717, 1.165) is 23.5 Å². The van der Waals surface area contributed by atoms with Gasteiger partial charge < -0.3 is 19.5 Å². The average Bonchev–Trinajstić information content (AvgIpc) is 2.90. The summed E-state index contributed by atoms with van der Waals surface area (Å²) in [5, 5.41) is 3.13. The molecule has 1 atom stereocenters. The van der Waals surface area contributed by atoms with E-state index >= 15 is 0 Å². The molecule has 1 unspecified atom stereocenters. The van der Waals surface area contributed by atoms with E-state index in [1.165, 1.54) is 0 Å². The summed E-state index contributed by atoms with van der Waals surface area (Å²) in [5.74, 6) is 2.24. The minimum atomic E-state index is -0.133. The van der Waals surface area contributed by atoms with Gasteiger partial charge in [-0.25, -0.2) is 0 Å². The SMILES string of the molecule is COc1cccc(C(=O)NC(c2ccc3c(c2)OCCCO3)C(C)C)c1. The molecule has 0 aliphatic carbocycles. The Morgan fingerprint density at radius 2 is 1.85 bits per heavy atom. The third-order valence-corrected chi connectivity index (χ3v) is 4.42. The first-order valence-electron chi connectivity index (χ1n) is 8.93. The highest BCUT2D eigenvalue weighted by atomic mass is 16.5. The van der Waals surface area contributed by atoms with Crippen molar-refractivity contribution < 1.29 is 19.0 Å². The van der Waals surface area contributed by atoms with Gasteiger partial charge in [-0.15, -0.1) is 0 Å². The number of rotatable bonds is 5. The van der Waals surface area contributed by atoms with E-state index < -0.39 is 0 Å². The number of carbonyl (C=O) groups is 1. The Balaban J connectivity index is 1.83. The molecular weight excluding hydrogens is 330 g/mol. The topological polar surface area (TPSA) is 56.8 Å². The molecule has 1 aliphatic rings. The van der Waals surface area contributed by atoms with Crippen LogP contribution in [0.4, 0.5) is 0 Å². The predicted octanol–water partition coefficient (Wildman–Crippen LogP) is 3.98. The molecule has 5 nitrogen and oxygen atoms in total. The molecule has 0 radical (unpaired) electrons. The molecule has 0 saturated carbocycles. The average molecular weight is 355 g/mol. The fourth-order valence-electron chi connectivity index (χ4n) is 3.00. The molecule has 0 aromatic heterocycles. The maximum atomic E-state index is 12.7. The molecule has 0 bridgehead atoms. The minimum Gasteiger partial charge on any atom is -0.497 e. The molecule has 1 aliphatic heterocycles. The first-order valence-corrected chi connectivity index (χ1v) is 8.93. The van der Waals surface area contributed by atoms with Gasteiger partial charge in [-0.2, -0.15) is 0 Å². The lowest BCUT2D eigenvalue weighted by Gasteiger charge is -2.24. The third kappa shape index (κ3) is 4.10. The summed E-state index contributed by atoms with van der Waals surface area (Å²) in [7, 11) is 1.59. The molecular formula is C21H25NO4. The summed E-state index contributed by atoms with van der Waals surface area (Å²) in [5.41, 5.74) is 1.57. The third-order valence-electron chi connectivity index (χ3n) is 4.42. The van der Waals surface area contributed by atoms with Crippen molar-refractivity contribution in [2.75, 3.05) is 20.3 Å². The van der Waals surface area contributed by atoms with Crippen LogP contribution < -0.4 is 19.5 Å². The molecule has 1 N–H and O–H groups in total. The Labute approximate surface area is 154 Å². The highest BCUT2D eigenvalue weighted by Crippen LogP contribution is 2.34. The van der Waals surface area contributed by atoms with E-state index in [1.54, 1.807) is 19.2 Å². The number of fused-ring (bicyclic) bond motifs is 1. The summed E-state index contributed by atoms with van der Waals surface area (Å²) < 4.78 is 16.7. The fourth-order valence-corrected chi connectivity index (χ4v) is 3.00. The summed E-state index contributed by atoms with van der Waals surface area (Å²) in [6.07, 6.45) is 0.865. The van der Waals surface area contributed by atoms with Crippen molar-refractivity contribution >= 4 is 5.91 Å². The molecule has 0 spiro atoms. The smallest absolute Gasteiger partial charge is 0.251 e. The molecule has 5 heteroatoms. The molecule has 26 heavy (non-hydrogen) atoms. The lowest BCUT2D eigenvalue weighted by atomic mass is 9.95. The summed E-state index contributed by atoms with van der Waals surface area (Å²) in [6, 6.07) is 12.9. The van der Waals surface area contributed by atoms with Gasteiger partial charge in [0.1, 0.15) is 5.75 Å². The predicted molar refractivity (Wildman–Crippen MR) is 100 cm³/mol. The molecule has 1 amide bonds. The molecule has 2 aromatic carbocycles. The van der Waals surface area contributed by atoms with Crippen LogP contribution in [0, 0.1) is 5.92 Å². The van der Waals surface area contributed by atoms with Crippen LogP contribution in [0.2, 0.25) is 0 Å². The molecule has 138 valence electrons. The van der Waals surface area contributed by atoms with Crippen molar-refractivity contribution in [3.05, 3.63) is 53.6 Å². The maximum absolute atomic E-state index is 12.7. The van der Waals surface area contributed by atoms with Gasteiger partial charge in [0.25, 0.3) is 5.91 Å². The zero-order valence-corrected chi connectivity index (χ0v) is 15.5. The van der Waals surface area contributed by atoms with Gasteiger partial charge in [0.05, 0.1) is 26.4 Å². The Kier molecular flexibility index (Phi) is 5.66. The van der Waals surface area contributed by atoms with Crippen molar-refractivity contribution in [2.24, 2.45) is 5.92 Å².